The molecule has 21 heavy (non-hydrogen) atoms. The van der Waals surface area contributed by atoms with Crippen molar-refractivity contribution in [3.8, 4) is 5.75 Å². The number of aryl methyl sites for hydroxylation is 1. The minimum Gasteiger partial charge on any atom is -0.497 e. The lowest BCUT2D eigenvalue weighted by Crippen LogP contribution is -2.12. The Morgan fingerprint density at radius 2 is 2.05 bits per heavy atom. The molecule has 1 aromatic heterocycles. The van der Waals surface area contributed by atoms with Crippen LogP contribution in [0.4, 0.5) is 5.69 Å². The number of ether oxygens (including phenoxy) is 1. The normalized spacial score (nSPS) is 11.4. The number of hydrogen-bond donors (Lipinski definition) is 2. The highest BCUT2D eigenvalue weighted by molar-refractivity contribution is 7.94. The number of hydrogen-bond acceptors (Lipinski definition) is 5. The van der Waals surface area contributed by atoms with Gasteiger partial charge in [0.15, 0.2) is 0 Å². The van der Waals surface area contributed by atoms with E-state index in [1.165, 1.54) is 0 Å². The third kappa shape index (κ3) is 3.75. The predicted octanol–water partition coefficient (Wildman–Crippen LogP) is 2.40. The molecule has 0 saturated heterocycles. The van der Waals surface area contributed by atoms with Crippen LogP contribution in [0.2, 0.25) is 0 Å². The van der Waals surface area contributed by atoms with E-state index in [0.717, 1.165) is 21.8 Å². The van der Waals surface area contributed by atoms with Crippen LogP contribution in [0.25, 0.3) is 0 Å². The number of methoxy groups -OCH3 is 1. The van der Waals surface area contributed by atoms with Gasteiger partial charge < -0.3 is 9.84 Å². The maximum Gasteiger partial charge on any atom is 0.271 e. The minimum absolute atomic E-state index is 0.00498. The first-order valence-electron chi connectivity index (χ1n) is 6.33. The van der Waals surface area contributed by atoms with E-state index in [4.69, 9.17) is 9.84 Å². The van der Waals surface area contributed by atoms with Crippen LogP contribution in [-0.4, -0.2) is 27.2 Å². The molecular formula is C14H17NO4S2. The molecule has 0 aliphatic rings. The van der Waals surface area contributed by atoms with Crippen molar-refractivity contribution in [1.29, 1.82) is 0 Å². The molecule has 5 nitrogen and oxygen atoms in total. The summed E-state index contributed by atoms with van der Waals surface area (Å²) in [5.74, 6) is 0.678. The molecule has 0 radical (unpaired) electrons. The molecule has 0 saturated carbocycles. The SMILES string of the molecule is COc1ccc(NS(=O)(=O)c2ccc(CCO)s2)c(C)c1. The third-order valence-corrected chi connectivity index (χ3v) is 5.94. The molecule has 0 bridgehead atoms. The molecule has 0 aliphatic carbocycles. The molecule has 0 aliphatic heterocycles. The van der Waals surface area contributed by atoms with Gasteiger partial charge in [0, 0.05) is 17.9 Å². The molecule has 0 amide bonds. The Kier molecular flexibility index (Phi) is 4.87. The van der Waals surface area contributed by atoms with Crippen LogP contribution in [-0.2, 0) is 16.4 Å². The van der Waals surface area contributed by atoms with E-state index >= 15 is 0 Å². The van der Waals surface area contributed by atoms with Gasteiger partial charge in [-0.3, -0.25) is 4.72 Å². The number of sulfonamides is 1. The van der Waals surface area contributed by atoms with E-state index in [2.05, 4.69) is 4.72 Å². The van der Waals surface area contributed by atoms with E-state index in [1.54, 1.807) is 37.4 Å². The van der Waals surface area contributed by atoms with Gasteiger partial charge in [0.2, 0.25) is 0 Å². The lowest BCUT2D eigenvalue weighted by atomic mass is 10.2. The van der Waals surface area contributed by atoms with Crippen molar-refractivity contribution in [2.75, 3.05) is 18.4 Å². The first-order chi connectivity index (χ1) is 9.96. The molecule has 0 fully saturated rings. The molecule has 1 heterocycles. The highest BCUT2D eigenvalue weighted by Crippen LogP contribution is 2.27. The number of aliphatic hydroxyl groups is 1. The van der Waals surface area contributed by atoms with Gasteiger partial charge in [-0.15, -0.1) is 11.3 Å². The summed E-state index contributed by atoms with van der Waals surface area (Å²) in [6.07, 6.45) is 0.460. The Labute approximate surface area is 128 Å². The lowest BCUT2D eigenvalue weighted by Gasteiger charge is -2.10. The van der Waals surface area contributed by atoms with Gasteiger partial charge in [0.25, 0.3) is 10.0 Å². The Morgan fingerprint density at radius 1 is 1.29 bits per heavy atom. The first kappa shape index (κ1) is 15.8. The van der Waals surface area contributed by atoms with Gasteiger partial charge in [-0.2, -0.15) is 0 Å². The fourth-order valence-electron chi connectivity index (χ4n) is 1.82. The van der Waals surface area contributed by atoms with Crippen molar-refractivity contribution in [1.82, 2.24) is 0 Å². The van der Waals surface area contributed by atoms with Crippen molar-refractivity contribution in [3.05, 3.63) is 40.8 Å². The number of aliphatic hydroxyl groups excluding tert-OH is 1. The van der Waals surface area contributed by atoms with Crippen LogP contribution < -0.4 is 9.46 Å². The van der Waals surface area contributed by atoms with Crippen LogP contribution in [0.1, 0.15) is 10.4 Å². The summed E-state index contributed by atoms with van der Waals surface area (Å²) in [4.78, 5) is 0.837. The van der Waals surface area contributed by atoms with E-state index in [0.29, 0.717) is 17.9 Å². The minimum atomic E-state index is -3.61. The van der Waals surface area contributed by atoms with Gasteiger partial charge in [-0.25, -0.2) is 8.42 Å². The third-order valence-electron chi connectivity index (χ3n) is 2.94. The first-order valence-corrected chi connectivity index (χ1v) is 8.63. The van der Waals surface area contributed by atoms with E-state index in [1.807, 2.05) is 6.92 Å². The number of benzene rings is 1. The van der Waals surface area contributed by atoms with Gasteiger partial charge in [0.05, 0.1) is 12.8 Å². The van der Waals surface area contributed by atoms with Crippen LogP contribution >= 0.6 is 11.3 Å². The largest absolute Gasteiger partial charge is 0.497 e. The highest BCUT2D eigenvalue weighted by atomic mass is 32.2. The predicted molar refractivity (Wildman–Crippen MR) is 83.6 cm³/mol. The Bertz CT molecular complexity index is 722. The number of anilines is 1. The quantitative estimate of drug-likeness (QED) is 0.854. The smallest absolute Gasteiger partial charge is 0.271 e. The van der Waals surface area contributed by atoms with Crippen molar-refractivity contribution < 1.29 is 18.3 Å². The van der Waals surface area contributed by atoms with E-state index in [9.17, 15) is 8.42 Å². The van der Waals surface area contributed by atoms with Crippen LogP contribution in [0, 0.1) is 6.92 Å². The average Bonchev–Trinajstić information content (AvgIpc) is 2.91. The second-order valence-electron chi connectivity index (χ2n) is 4.48. The van der Waals surface area contributed by atoms with Gasteiger partial charge in [0.1, 0.15) is 9.96 Å². The zero-order valence-corrected chi connectivity index (χ0v) is 13.4. The summed E-state index contributed by atoms with van der Waals surface area (Å²) in [6, 6.07) is 8.42. The summed E-state index contributed by atoms with van der Waals surface area (Å²) in [5.41, 5.74) is 1.30. The highest BCUT2D eigenvalue weighted by Gasteiger charge is 2.18. The van der Waals surface area contributed by atoms with Crippen molar-refractivity contribution in [2.45, 2.75) is 17.6 Å². The molecule has 0 atom stereocenters. The molecule has 1 aromatic carbocycles. The van der Waals surface area contributed by atoms with Gasteiger partial charge >= 0.3 is 0 Å². The molecule has 2 aromatic rings. The molecule has 7 heteroatoms. The molecular weight excluding hydrogens is 310 g/mol. The Hall–Kier alpha value is -1.57. The molecule has 0 unspecified atom stereocenters. The van der Waals surface area contributed by atoms with Gasteiger partial charge in [-0.1, -0.05) is 0 Å². The Balaban J connectivity index is 2.24. The maximum atomic E-state index is 12.3. The Morgan fingerprint density at radius 3 is 2.67 bits per heavy atom. The lowest BCUT2D eigenvalue weighted by molar-refractivity contribution is 0.300. The standard InChI is InChI=1S/C14H17NO4S2/c1-10-9-11(19-2)3-5-13(10)15-21(17,18)14-6-4-12(20-14)7-8-16/h3-6,9,15-16H,7-8H2,1-2H3. The summed E-state index contributed by atoms with van der Waals surface area (Å²) in [7, 11) is -2.04. The zero-order chi connectivity index (χ0) is 15.5. The number of thiophene rings is 1. The summed E-state index contributed by atoms with van der Waals surface area (Å²) in [5, 5.41) is 8.88. The fourth-order valence-corrected chi connectivity index (χ4v) is 4.30. The van der Waals surface area contributed by atoms with Crippen LogP contribution in [0.3, 0.4) is 0 Å². The number of rotatable bonds is 6. The van der Waals surface area contributed by atoms with Crippen molar-refractivity contribution >= 4 is 27.0 Å². The topological polar surface area (TPSA) is 75.6 Å². The maximum absolute atomic E-state index is 12.3. The molecule has 2 rings (SSSR count). The van der Waals surface area contributed by atoms with Crippen molar-refractivity contribution in [2.24, 2.45) is 0 Å². The summed E-state index contributed by atoms with van der Waals surface area (Å²) in [6.45, 7) is 1.82. The molecule has 0 spiro atoms. The van der Waals surface area contributed by atoms with Crippen LogP contribution in [0.5, 0.6) is 5.75 Å². The second kappa shape index (κ2) is 6.46. The zero-order valence-electron chi connectivity index (χ0n) is 11.8. The van der Waals surface area contributed by atoms with E-state index < -0.39 is 10.0 Å². The molecule has 2 N–H and O–H groups in total. The van der Waals surface area contributed by atoms with E-state index in [-0.39, 0.29) is 10.8 Å². The van der Waals surface area contributed by atoms with Crippen LogP contribution in [0.15, 0.2) is 34.5 Å². The second-order valence-corrected chi connectivity index (χ2v) is 7.56. The monoisotopic (exact) mass is 327 g/mol. The number of nitrogens with one attached hydrogen (secondary N) is 1. The average molecular weight is 327 g/mol. The summed E-state index contributed by atoms with van der Waals surface area (Å²) >= 11 is 1.16. The van der Waals surface area contributed by atoms with Gasteiger partial charge in [-0.05, 0) is 42.8 Å². The van der Waals surface area contributed by atoms with Crippen molar-refractivity contribution in [3.63, 3.8) is 0 Å². The molecule has 114 valence electrons. The summed E-state index contributed by atoms with van der Waals surface area (Å²) < 4.78 is 32.6. The fraction of sp³-hybridized carbons (Fsp3) is 0.286.